The predicted molar refractivity (Wildman–Crippen MR) is 56.2 cm³/mol. The zero-order valence-corrected chi connectivity index (χ0v) is 8.58. The first-order valence-corrected chi connectivity index (χ1v) is 4.90. The summed E-state index contributed by atoms with van der Waals surface area (Å²) in [5.41, 5.74) is 1.97. The number of hydrogen-bond acceptors (Lipinski definition) is 2. The third kappa shape index (κ3) is 1.80. The smallest absolute Gasteiger partial charge is 0.135 e. The van der Waals surface area contributed by atoms with Crippen LogP contribution >= 0.6 is 11.6 Å². The first-order valence-electron chi connectivity index (χ1n) is 4.36. The average molecular weight is 208 g/mol. The first-order chi connectivity index (χ1) is 6.79. The normalized spacial score (nSPS) is 10.4. The van der Waals surface area contributed by atoms with E-state index in [-0.39, 0.29) is 0 Å². The van der Waals surface area contributed by atoms with Crippen molar-refractivity contribution in [2.45, 2.75) is 12.8 Å². The Balaban J connectivity index is 2.41. The van der Waals surface area contributed by atoms with Crippen molar-refractivity contribution in [3.63, 3.8) is 0 Å². The maximum Gasteiger partial charge on any atom is 0.135 e. The number of nitrogens with zero attached hydrogens (tertiary/aromatic N) is 1. The average Bonchev–Trinajstić information content (AvgIpc) is 2.65. The molecule has 14 heavy (non-hydrogen) atoms. The van der Waals surface area contributed by atoms with Gasteiger partial charge in [0.2, 0.25) is 0 Å². The number of alkyl halides is 1. The van der Waals surface area contributed by atoms with E-state index in [9.17, 15) is 0 Å². The van der Waals surface area contributed by atoms with E-state index in [1.165, 1.54) is 0 Å². The standard InChI is InChI=1S/C11H10ClNO/c1-8-2-3-11(14-8)10-4-9(5-12)6-13-7-10/h2-4,6-7H,5H2,1H3. The summed E-state index contributed by atoms with van der Waals surface area (Å²) >= 11 is 5.72. The van der Waals surface area contributed by atoms with E-state index in [2.05, 4.69) is 4.98 Å². The zero-order valence-electron chi connectivity index (χ0n) is 7.83. The van der Waals surface area contributed by atoms with E-state index in [0.717, 1.165) is 22.6 Å². The van der Waals surface area contributed by atoms with Crippen LogP contribution in [-0.4, -0.2) is 4.98 Å². The van der Waals surface area contributed by atoms with Crippen LogP contribution in [0.1, 0.15) is 11.3 Å². The van der Waals surface area contributed by atoms with Crippen molar-refractivity contribution in [2.24, 2.45) is 0 Å². The number of halogens is 1. The predicted octanol–water partition coefficient (Wildman–Crippen LogP) is 3.39. The van der Waals surface area contributed by atoms with Gasteiger partial charge < -0.3 is 4.42 Å². The summed E-state index contributed by atoms with van der Waals surface area (Å²) in [6.07, 6.45) is 3.53. The molecule has 0 fully saturated rings. The first kappa shape index (κ1) is 9.28. The second kappa shape index (κ2) is 3.84. The summed E-state index contributed by atoms with van der Waals surface area (Å²) in [7, 11) is 0. The Bertz CT molecular complexity index is 436. The molecule has 3 heteroatoms. The number of furan rings is 1. The lowest BCUT2D eigenvalue weighted by atomic mass is 10.2. The van der Waals surface area contributed by atoms with Crippen LogP contribution in [0.5, 0.6) is 0 Å². The van der Waals surface area contributed by atoms with Gasteiger partial charge in [-0.3, -0.25) is 4.98 Å². The van der Waals surface area contributed by atoms with Gasteiger partial charge in [0.15, 0.2) is 0 Å². The molecule has 0 saturated carbocycles. The summed E-state index contributed by atoms with van der Waals surface area (Å²) in [6, 6.07) is 5.85. The Hall–Kier alpha value is -1.28. The monoisotopic (exact) mass is 207 g/mol. The number of hydrogen-bond donors (Lipinski definition) is 0. The molecule has 0 saturated heterocycles. The van der Waals surface area contributed by atoms with Crippen molar-refractivity contribution < 1.29 is 4.42 Å². The largest absolute Gasteiger partial charge is 0.461 e. The molecule has 0 aliphatic carbocycles. The Kier molecular flexibility index (Phi) is 2.55. The van der Waals surface area contributed by atoms with Gasteiger partial charge in [0, 0.05) is 23.8 Å². The second-order valence-electron chi connectivity index (χ2n) is 3.13. The molecular weight excluding hydrogens is 198 g/mol. The molecular formula is C11H10ClNO. The molecule has 0 aromatic carbocycles. The van der Waals surface area contributed by atoms with Gasteiger partial charge in [0.25, 0.3) is 0 Å². The third-order valence-electron chi connectivity index (χ3n) is 1.97. The molecule has 0 spiro atoms. The van der Waals surface area contributed by atoms with E-state index in [1.54, 1.807) is 12.4 Å². The Morgan fingerprint density at radius 2 is 2.21 bits per heavy atom. The number of pyridine rings is 1. The molecule has 0 radical (unpaired) electrons. The lowest BCUT2D eigenvalue weighted by Gasteiger charge is -1.98. The lowest BCUT2D eigenvalue weighted by molar-refractivity contribution is 0.548. The van der Waals surface area contributed by atoms with Crippen LogP contribution in [0.4, 0.5) is 0 Å². The van der Waals surface area contributed by atoms with Crippen molar-refractivity contribution in [3.8, 4) is 11.3 Å². The molecule has 0 N–H and O–H groups in total. The Morgan fingerprint density at radius 3 is 2.86 bits per heavy atom. The Morgan fingerprint density at radius 1 is 1.36 bits per heavy atom. The van der Waals surface area contributed by atoms with Crippen LogP contribution in [0.25, 0.3) is 11.3 Å². The number of rotatable bonds is 2. The maximum absolute atomic E-state index is 5.72. The molecule has 0 atom stereocenters. The molecule has 0 unspecified atom stereocenters. The summed E-state index contributed by atoms with van der Waals surface area (Å²) in [5.74, 6) is 2.21. The second-order valence-corrected chi connectivity index (χ2v) is 3.39. The van der Waals surface area contributed by atoms with Crippen LogP contribution in [0, 0.1) is 6.92 Å². The van der Waals surface area contributed by atoms with E-state index >= 15 is 0 Å². The fourth-order valence-corrected chi connectivity index (χ4v) is 1.43. The van der Waals surface area contributed by atoms with Crippen molar-refractivity contribution in [3.05, 3.63) is 41.9 Å². The van der Waals surface area contributed by atoms with Crippen molar-refractivity contribution >= 4 is 11.6 Å². The van der Waals surface area contributed by atoms with Crippen molar-refractivity contribution in [1.29, 1.82) is 0 Å². The van der Waals surface area contributed by atoms with Crippen molar-refractivity contribution in [1.82, 2.24) is 4.98 Å². The fourth-order valence-electron chi connectivity index (χ4n) is 1.29. The molecule has 2 aromatic rings. The molecule has 2 heterocycles. The van der Waals surface area contributed by atoms with Gasteiger partial charge in [0.05, 0.1) is 0 Å². The molecule has 2 nitrogen and oxygen atoms in total. The quantitative estimate of drug-likeness (QED) is 0.706. The van der Waals surface area contributed by atoms with Gasteiger partial charge in [-0.25, -0.2) is 0 Å². The molecule has 0 bridgehead atoms. The minimum Gasteiger partial charge on any atom is -0.461 e. The molecule has 2 rings (SSSR count). The van der Waals surface area contributed by atoms with E-state index in [1.807, 2.05) is 25.1 Å². The minimum absolute atomic E-state index is 0.473. The van der Waals surface area contributed by atoms with Crippen molar-refractivity contribution in [2.75, 3.05) is 0 Å². The fraction of sp³-hybridized carbons (Fsp3) is 0.182. The highest BCUT2D eigenvalue weighted by atomic mass is 35.5. The van der Waals surface area contributed by atoms with Crippen LogP contribution in [0.15, 0.2) is 35.0 Å². The molecule has 72 valence electrons. The van der Waals surface area contributed by atoms with Crippen LogP contribution < -0.4 is 0 Å². The molecule has 0 aliphatic rings. The van der Waals surface area contributed by atoms with Crippen LogP contribution in [0.2, 0.25) is 0 Å². The highest BCUT2D eigenvalue weighted by Gasteiger charge is 2.03. The van der Waals surface area contributed by atoms with E-state index < -0.39 is 0 Å². The minimum atomic E-state index is 0.473. The molecule has 0 aliphatic heterocycles. The summed E-state index contributed by atoms with van der Waals surface area (Å²) < 4.78 is 5.49. The Labute approximate surface area is 87.5 Å². The van der Waals surface area contributed by atoms with Crippen LogP contribution in [-0.2, 0) is 5.88 Å². The third-order valence-corrected chi connectivity index (χ3v) is 2.28. The maximum atomic E-state index is 5.72. The molecule has 0 amide bonds. The van der Waals surface area contributed by atoms with Crippen LogP contribution in [0.3, 0.4) is 0 Å². The topological polar surface area (TPSA) is 26.0 Å². The van der Waals surface area contributed by atoms with Gasteiger partial charge in [0.1, 0.15) is 11.5 Å². The van der Waals surface area contributed by atoms with Gasteiger partial charge in [-0.1, -0.05) is 0 Å². The zero-order chi connectivity index (χ0) is 9.97. The highest BCUT2D eigenvalue weighted by Crippen LogP contribution is 2.22. The SMILES string of the molecule is Cc1ccc(-c2cncc(CCl)c2)o1. The van der Waals surface area contributed by atoms with Gasteiger partial charge in [-0.15, -0.1) is 11.6 Å². The van der Waals surface area contributed by atoms with E-state index in [4.69, 9.17) is 16.0 Å². The summed E-state index contributed by atoms with van der Waals surface area (Å²) in [6.45, 7) is 1.92. The summed E-state index contributed by atoms with van der Waals surface area (Å²) in [4.78, 5) is 4.10. The number of aryl methyl sites for hydroxylation is 1. The van der Waals surface area contributed by atoms with Gasteiger partial charge >= 0.3 is 0 Å². The lowest BCUT2D eigenvalue weighted by Crippen LogP contribution is -1.82. The highest BCUT2D eigenvalue weighted by molar-refractivity contribution is 6.17. The molecule has 2 aromatic heterocycles. The summed E-state index contributed by atoms with van der Waals surface area (Å²) in [5, 5.41) is 0. The van der Waals surface area contributed by atoms with Gasteiger partial charge in [-0.2, -0.15) is 0 Å². The van der Waals surface area contributed by atoms with Gasteiger partial charge in [-0.05, 0) is 30.7 Å². The van der Waals surface area contributed by atoms with E-state index in [0.29, 0.717) is 5.88 Å². The number of aromatic nitrogens is 1.